The molecule has 0 saturated carbocycles. The normalized spacial score (nSPS) is 11.4. The summed E-state index contributed by atoms with van der Waals surface area (Å²) in [6.07, 6.45) is 0. The zero-order valence-corrected chi connectivity index (χ0v) is 12.7. The van der Waals surface area contributed by atoms with Crippen molar-refractivity contribution in [3.8, 4) is 5.75 Å². The van der Waals surface area contributed by atoms with Gasteiger partial charge in [-0.05, 0) is 35.1 Å². The van der Waals surface area contributed by atoms with Crippen molar-refractivity contribution in [1.29, 1.82) is 0 Å². The van der Waals surface area contributed by atoms with Crippen LogP contribution in [-0.4, -0.2) is 0 Å². The molecule has 2 aromatic rings. The van der Waals surface area contributed by atoms with E-state index in [1.54, 1.807) is 0 Å². The molecule has 20 heavy (non-hydrogen) atoms. The van der Waals surface area contributed by atoms with Crippen LogP contribution in [0.4, 0.5) is 5.69 Å². The van der Waals surface area contributed by atoms with Crippen molar-refractivity contribution < 1.29 is 4.74 Å². The Labute approximate surface area is 121 Å². The van der Waals surface area contributed by atoms with Crippen molar-refractivity contribution in [2.24, 2.45) is 0 Å². The highest BCUT2D eigenvalue weighted by Crippen LogP contribution is 2.23. The Morgan fingerprint density at radius 3 is 2.20 bits per heavy atom. The second kappa shape index (κ2) is 5.58. The number of anilines is 1. The molecule has 0 aromatic heterocycles. The maximum Gasteiger partial charge on any atom is 0.121 e. The number of rotatable bonds is 3. The maximum atomic E-state index is 5.88. The molecule has 0 atom stereocenters. The van der Waals surface area contributed by atoms with Crippen molar-refractivity contribution in [1.82, 2.24) is 0 Å². The number of aryl methyl sites for hydroxylation is 1. The van der Waals surface area contributed by atoms with Gasteiger partial charge in [0.25, 0.3) is 0 Å². The molecule has 0 fully saturated rings. The third-order valence-electron chi connectivity index (χ3n) is 3.48. The molecule has 0 aliphatic carbocycles. The van der Waals surface area contributed by atoms with Crippen LogP contribution in [0.5, 0.6) is 5.75 Å². The van der Waals surface area contributed by atoms with E-state index in [4.69, 9.17) is 10.5 Å². The molecule has 0 unspecified atom stereocenters. The van der Waals surface area contributed by atoms with E-state index in [1.807, 2.05) is 25.1 Å². The quantitative estimate of drug-likeness (QED) is 0.835. The van der Waals surface area contributed by atoms with Gasteiger partial charge >= 0.3 is 0 Å². The second-order valence-corrected chi connectivity index (χ2v) is 6.25. The predicted molar refractivity (Wildman–Crippen MR) is 85.1 cm³/mol. The topological polar surface area (TPSA) is 35.2 Å². The van der Waals surface area contributed by atoms with Gasteiger partial charge in [-0.15, -0.1) is 0 Å². The van der Waals surface area contributed by atoms with Crippen molar-refractivity contribution >= 4 is 5.69 Å². The van der Waals surface area contributed by atoms with Crippen LogP contribution in [0.15, 0.2) is 42.5 Å². The van der Waals surface area contributed by atoms with E-state index < -0.39 is 0 Å². The summed E-state index contributed by atoms with van der Waals surface area (Å²) in [5.41, 5.74) is 10.4. The molecule has 0 saturated heterocycles. The van der Waals surface area contributed by atoms with Crippen molar-refractivity contribution in [2.45, 2.75) is 39.7 Å². The van der Waals surface area contributed by atoms with Gasteiger partial charge in [-0.1, -0.05) is 51.1 Å². The number of hydrogen-bond acceptors (Lipinski definition) is 2. The molecule has 0 radical (unpaired) electrons. The molecule has 2 nitrogen and oxygen atoms in total. The average Bonchev–Trinajstić information content (AvgIpc) is 2.40. The molecule has 0 heterocycles. The maximum absolute atomic E-state index is 5.88. The molecule has 0 aliphatic heterocycles. The third-order valence-corrected chi connectivity index (χ3v) is 3.48. The van der Waals surface area contributed by atoms with Crippen LogP contribution in [0.2, 0.25) is 0 Å². The molecule has 0 bridgehead atoms. The Kier molecular flexibility index (Phi) is 4.03. The minimum atomic E-state index is 0.185. The molecule has 0 aliphatic rings. The van der Waals surface area contributed by atoms with Crippen LogP contribution in [-0.2, 0) is 12.0 Å². The zero-order valence-electron chi connectivity index (χ0n) is 12.7. The number of benzene rings is 2. The van der Waals surface area contributed by atoms with Crippen LogP contribution in [0.25, 0.3) is 0 Å². The lowest BCUT2D eigenvalue weighted by Gasteiger charge is -2.19. The number of hydrogen-bond donors (Lipinski definition) is 1. The van der Waals surface area contributed by atoms with Gasteiger partial charge in [0.15, 0.2) is 0 Å². The van der Waals surface area contributed by atoms with Crippen LogP contribution in [0.3, 0.4) is 0 Å². The number of nitrogen functional groups attached to an aromatic ring is 1. The first-order valence-corrected chi connectivity index (χ1v) is 6.94. The van der Waals surface area contributed by atoms with E-state index in [0.717, 1.165) is 22.6 Å². The fourth-order valence-electron chi connectivity index (χ4n) is 1.98. The van der Waals surface area contributed by atoms with E-state index in [9.17, 15) is 0 Å². The number of nitrogens with two attached hydrogens (primary N) is 1. The van der Waals surface area contributed by atoms with Gasteiger partial charge in [0, 0.05) is 11.8 Å². The monoisotopic (exact) mass is 269 g/mol. The van der Waals surface area contributed by atoms with Gasteiger partial charge in [-0.3, -0.25) is 0 Å². The van der Waals surface area contributed by atoms with Gasteiger partial charge < -0.3 is 10.5 Å². The molecule has 0 spiro atoms. The first kappa shape index (κ1) is 14.4. The fraction of sp³-hybridized carbons (Fsp3) is 0.333. The lowest BCUT2D eigenvalue weighted by atomic mass is 9.87. The van der Waals surface area contributed by atoms with E-state index in [-0.39, 0.29) is 5.41 Å². The van der Waals surface area contributed by atoms with E-state index in [1.165, 1.54) is 5.56 Å². The summed E-state index contributed by atoms with van der Waals surface area (Å²) in [7, 11) is 0. The van der Waals surface area contributed by atoms with E-state index in [2.05, 4.69) is 45.0 Å². The molecule has 2 N–H and O–H groups in total. The summed E-state index contributed by atoms with van der Waals surface area (Å²) < 4.78 is 5.77. The van der Waals surface area contributed by atoms with Gasteiger partial charge in [0.2, 0.25) is 0 Å². The van der Waals surface area contributed by atoms with Crippen molar-refractivity contribution in [2.75, 3.05) is 5.73 Å². The van der Waals surface area contributed by atoms with Gasteiger partial charge in [-0.2, -0.15) is 0 Å². The molecule has 2 rings (SSSR count). The van der Waals surface area contributed by atoms with Crippen LogP contribution >= 0.6 is 0 Å². The molecule has 2 heteroatoms. The lowest BCUT2D eigenvalue weighted by molar-refractivity contribution is 0.306. The predicted octanol–water partition coefficient (Wildman–Crippen LogP) is 4.45. The van der Waals surface area contributed by atoms with Gasteiger partial charge in [-0.25, -0.2) is 0 Å². The first-order chi connectivity index (χ1) is 9.36. The SMILES string of the molecule is Cc1ccc(OCc2ccc(C(C)(C)C)cc2)cc1N. The Bertz CT molecular complexity index is 579. The molecular weight excluding hydrogens is 246 g/mol. The van der Waals surface area contributed by atoms with Crippen LogP contribution in [0, 0.1) is 6.92 Å². The van der Waals surface area contributed by atoms with Crippen LogP contribution in [0.1, 0.15) is 37.5 Å². The Hall–Kier alpha value is -1.96. The summed E-state index contributed by atoms with van der Waals surface area (Å²) in [4.78, 5) is 0. The average molecular weight is 269 g/mol. The van der Waals surface area contributed by atoms with E-state index >= 15 is 0 Å². The standard InChI is InChI=1S/C18H23NO/c1-13-5-10-16(11-17(13)19)20-12-14-6-8-15(9-7-14)18(2,3)4/h5-11H,12,19H2,1-4H3. The zero-order chi connectivity index (χ0) is 14.8. The Morgan fingerprint density at radius 2 is 1.65 bits per heavy atom. The highest BCUT2D eigenvalue weighted by Gasteiger charge is 2.12. The first-order valence-electron chi connectivity index (χ1n) is 6.94. The Balaban J connectivity index is 2.02. The van der Waals surface area contributed by atoms with Crippen molar-refractivity contribution in [3.05, 3.63) is 59.2 Å². The van der Waals surface area contributed by atoms with Gasteiger partial charge in [0.05, 0.1) is 0 Å². The summed E-state index contributed by atoms with van der Waals surface area (Å²) in [6.45, 7) is 9.20. The smallest absolute Gasteiger partial charge is 0.121 e. The molecule has 2 aromatic carbocycles. The summed E-state index contributed by atoms with van der Waals surface area (Å²) in [5, 5.41) is 0. The van der Waals surface area contributed by atoms with Gasteiger partial charge in [0.1, 0.15) is 12.4 Å². The number of ether oxygens (including phenoxy) is 1. The molecule has 0 amide bonds. The van der Waals surface area contributed by atoms with Crippen LogP contribution < -0.4 is 10.5 Å². The minimum absolute atomic E-state index is 0.185. The molecule has 106 valence electrons. The molecular formula is C18H23NO. The largest absolute Gasteiger partial charge is 0.489 e. The fourth-order valence-corrected chi connectivity index (χ4v) is 1.98. The lowest BCUT2D eigenvalue weighted by Crippen LogP contribution is -2.10. The highest BCUT2D eigenvalue weighted by molar-refractivity contribution is 5.50. The summed E-state index contributed by atoms with van der Waals surface area (Å²) in [6, 6.07) is 14.4. The third kappa shape index (κ3) is 3.53. The van der Waals surface area contributed by atoms with Crippen molar-refractivity contribution in [3.63, 3.8) is 0 Å². The highest BCUT2D eigenvalue weighted by atomic mass is 16.5. The van der Waals surface area contributed by atoms with E-state index in [0.29, 0.717) is 6.61 Å². The summed E-state index contributed by atoms with van der Waals surface area (Å²) in [5.74, 6) is 0.813. The second-order valence-electron chi connectivity index (χ2n) is 6.25. The Morgan fingerprint density at radius 1 is 1.00 bits per heavy atom. The summed E-state index contributed by atoms with van der Waals surface area (Å²) >= 11 is 0. The minimum Gasteiger partial charge on any atom is -0.489 e.